The molecule has 0 saturated heterocycles. The number of halogens is 4. The molecule has 0 bridgehead atoms. The molecular formula is C37H44Cl3IN2S. The Morgan fingerprint density at radius 2 is 1.52 bits per heavy atom. The highest BCUT2D eigenvalue weighted by atomic mass is 127. The first-order valence-corrected chi connectivity index (χ1v) is 17.9. The summed E-state index contributed by atoms with van der Waals surface area (Å²) in [5.41, 5.74) is 9.78. The van der Waals surface area contributed by atoms with Crippen LogP contribution in [0.5, 0.6) is 0 Å². The lowest BCUT2D eigenvalue weighted by molar-refractivity contribution is -0.438. The Balaban J connectivity index is 0.00000442. The minimum Gasteiger partial charge on any atom is -1.00 e. The summed E-state index contributed by atoms with van der Waals surface area (Å²) in [5.74, 6) is 1.81. The van der Waals surface area contributed by atoms with Crippen LogP contribution < -0.4 is 28.9 Å². The van der Waals surface area contributed by atoms with Gasteiger partial charge in [-0.1, -0.05) is 87.5 Å². The molecule has 0 radical (unpaired) electrons. The van der Waals surface area contributed by atoms with Crippen LogP contribution in [-0.4, -0.2) is 34.9 Å². The summed E-state index contributed by atoms with van der Waals surface area (Å²) >= 11 is 22.0. The van der Waals surface area contributed by atoms with Gasteiger partial charge < -0.3 is 28.9 Å². The second-order valence-corrected chi connectivity index (χ2v) is 15.1. The molecule has 0 N–H and O–H groups in total. The number of thioether (sulfide) groups is 1. The maximum Gasteiger partial charge on any atom is 0.209 e. The van der Waals surface area contributed by atoms with Crippen LogP contribution in [0.15, 0.2) is 82.6 Å². The van der Waals surface area contributed by atoms with Crippen LogP contribution in [0.25, 0.3) is 0 Å². The van der Waals surface area contributed by atoms with Crippen molar-refractivity contribution in [2.75, 3.05) is 29.5 Å². The molecule has 0 fully saturated rings. The summed E-state index contributed by atoms with van der Waals surface area (Å²) in [6.07, 6.45) is 13.7. The van der Waals surface area contributed by atoms with Crippen LogP contribution in [0.1, 0.15) is 78.4 Å². The van der Waals surface area contributed by atoms with Crippen LogP contribution in [0.2, 0.25) is 10.0 Å². The standard InChI is InChI=1S/C37H44Cl3N2S.HI/c1-7-9-19-41-31-15-13-27(38)21-29(31)36(3,4)33(41)17-11-25-23-43-24-26(35(25)40)12-18-34-37(5,6)30-22-28(39)14-16-32(30)42(34)20-10-8-2;/h11-18,21-22H,7-10,19-20,23-24H2,1-6H3;1H/q+1;/p-1. The van der Waals surface area contributed by atoms with Gasteiger partial charge in [0.1, 0.15) is 6.54 Å². The molecule has 0 aromatic heterocycles. The Morgan fingerprint density at radius 1 is 0.841 bits per heavy atom. The summed E-state index contributed by atoms with van der Waals surface area (Å²) < 4.78 is 2.48. The maximum absolute atomic E-state index is 7.17. The zero-order valence-electron chi connectivity index (χ0n) is 26.7. The van der Waals surface area contributed by atoms with E-state index in [4.69, 9.17) is 34.8 Å². The van der Waals surface area contributed by atoms with E-state index in [1.807, 2.05) is 23.9 Å². The quantitative estimate of drug-likeness (QED) is 0.187. The highest BCUT2D eigenvalue weighted by molar-refractivity contribution is 7.99. The van der Waals surface area contributed by atoms with Gasteiger partial charge in [-0.05, 0) is 73.4 Å². The molecule has 0 spiro atoms. The summed E-state index contributed by atoms with van der Waals surface area (Å²) in [6.45, 7) is 15.7. The van der Waals surface area contributed by atoms with Crippen LogP contribution in [0, 0.1) is 0 Å². The van der Waals surface area contributed by atoms with Gasteiger partial charge in [0.15, 0.2) is 5.71 Å². The number of rotatable bonds is 9. The molecule has 3 heterocycles. The van der Waals surface area contributed by atoms with Crippen molar-refractivity contribution in [2.24, 2.45) is 0 Å². The van der Waals surface area contributed by atoms with E-state index in [0.29, 0.717) is 0 Å². The molecule has 44 heavy (non-hydrogen) atoms. The summed E-state index contributed by atoms with van der Waals surface area (Å²) in [4.78, 5) is 2.48. The number of fused-ring (bicyclic) bond motifs is 2. The van der Waals surface area contributed by atoms with Gasteiger partial charge in [-0.2, -0.15) is 16.3 Å². The second kappa shape index (κ2) is 14.7. The number of benzene rings is 2. The molecule has 0 atom stereocenters. The molecule has 3 aliphatic heterocycles. The molecule has 0 saturated carbocycles. The Hall–Kier alpha value is -1.18. The summed E-state index contributed by atoms with van der Waals surface area (Å²) in [7, 11) is 0. The number of allylic oxidation sites excluding steroid dienone is 6. The molecule has 2 nitrogen and oxygen atoms in total. The lowest BCUT2D eigenvalue weighted by Crippen LogP contribution is -3.00. The predicted octanol–water partition coefficient (Wildman–Crippen LogP) is 8.38. The molecular weight excluding hydrogens is 738 g/mol. The molecule has 0 aliphatic carbocycles. The molecule has 5 rings (SSSR count). The topological polar surface area (TPSA) is 6.25 Å². The Bertz CT molecular complexity index is 1560. The molecule has 0 amide bonds. The van der Waals surface area contributed by atoms with Gasteiger partial charge in [0.25, 0.3) is 0 Å². The van der Waals surface area contributed by atoms with E-state index >= 15 is 0 Å². The molecule has 2 aromatic rings. The summed E-state index contributed by atoms with van der Waals surface area (Å²) in [6, 6.07) is 12.6. The molecule has 236 valence electrons. The van der Waals surface area contributed by atoms with Gasteiger partial charge in [-0.3, -0.25) is 0 Å². The molecule has 0 unspecified atom stereocenters. The fourth-order valence-electron chi connectivity index (χ4n) is 6.62. The monoisotopic (exact) mass is 780 g/mol. The highest BCUT2D eigenvalue weighted by Crippen LogP contribution is 2.49. The summed E-state index contributed by atoms with van der Waals surface area (Å²) in [5, 5.41) is 2.45. The third-order valence-corrected chi connectivity index (χ3v) is 11.1. The number of nitrogens with zero attached hydrogens (tertiary/aromatic N) is 2. The Kier molecular flexibility index (Phi) is 11.9. The van der Waals surface area contributed by atoms with Gasteiger partial charge >= 0.3 is 0 Å². The fraction of sp³-hybridized carbons (Fsp3) is 0.432. The average Bonchev–Trinajstić information content (AvgIpc) is 3.31. The van der Waals surface area contributed by atoms with Crippen molar-refractivity contribution in [3.05, 3.63) is 104 Å². The van der Waals surface area contributed by atoms with Crippen molar-refractivity contribution in [2.45, 2.75) is 78.1 Å². The zero-order chi connectivity index (χ0) is 30.9. The number of unbranched alkanes of at least 4 members (excludes halogenated alkanes) is 2. The minimum absolute atomic E-state index is 0. The SMILES string of the molecule is CCCCN1/C(=C/C=C2\CSCC(/C=C/C3=[N+](CCCC)c4ccc(Cl)cc4C3(C)C)=C2Cl)C(C)(C)c2cc(Cl)ccc21.[I-]. The van der Waals surface area contributed by atoms with Gasteiger partial charge in [-0.15, -0.1) is 0 Å². The van der Waals surface area contributed by atoms with E-state index in [0.717, 1.165) is 65.4 Å². The van der Waals surface area contributed by atoms with Gasteiger partial charge in [0, 0.05) is 74.1 Å². The normalized spacial score (nSPS) is 20.6. The van der Waals surface area contributed by atoms with Crippen molar-refractivity contribution in [3.8, 4) is 0 Å². The molecule has 2 aromatic carbocycles. The van der Waals surface area contributed by atoms with Crippen molar-refractivity contribution in [1.29, 1.82) is 0 Å². The van der Waals surface area contributed by atoms with E-state index in [2.05, 4.69) is 99.6 Å². The first-order valence-electron chi connectivity index (χ1n) is 15.6. The predicted molar refractivity (Wildman–Crippen MR) is 191 cm³/mol. The second-order valence-electron chi connectivity index (χ2n) is 12.9. The van der Waals surface area contributed by atoms with E-state index < -0.39 is 0 Å². The molecule has 7 heteroatoms. The van der Waals surface area contributed by atoms with Crippen molar-refractivity contribution in [3.63, 3.8) is 0 Å². The van der Waals surface area contributed by atoms with Crippen molar-refractivity contribution in [1.82, 2.24) is 0 Å². The minimum atomic E-state index is -0.143. The van der Waals surface area contributed by atoms with E-state index in [1.165, 1.54) is 45.1 Å². The lowest BCUT2D eigenvalue weighted by atomic mass is 9.81. The van der Waals surface area contributed by atoms with Crippen LogP contribution >= 0.6 is 46.6 Å². The Labute approximate surface area is 301 Å². The largest absolute Gasteiger partial charge is 1.00 e. The number of anilines is 1. The molecule has 3 aliphatic rings. The van der Waals surface area contributed by atoms with Gasteiger partial charge in [0.05, 0.1) is 5.41 Å². The van der Waals surface area contributed by atoms with Crippen molar-refractivity contribution >= 4 is 63.7 Å². The fourth-order valence-corrected chi connectivity index (χ4v) is 8.40. The Morgan fingerprint density at radius 3 is 2.23 bits per heavy atom. The third-order valence-electron chi connectivity index (χ3n) is 9.14. The third kappa shape index (κ3) is 6.90. The van der Waals surface area contributed by atoms with Crippen LogP contribution in [-0.2, 0) is 10.8 Å². The maximum atomic E-state index is 7.17. The van der Waals surface area contributed by atoms with E-state index in [-0.39, 0.29) is 34.8 Å². The average molecular weight is 782 g/mol. The van der Waals surface area contributed by atoms with Gasteiger partial charge in [0.2, 0.25) is 5.69 Å². The first-order chi connectivity index (χ1) is 20.5. The van der Waals surface area contributed by atoms with E-state index in [1.54, 1.807) is 0 Å². The smallest absolute Gasteiger partial charge is 0.209 e. The van der Waals surface area contributed by atoms with Gasteiger partial charge in [-0.25, -0.2) is 0 Å². The van der Waals surface area contributed by atoms with Crippen LogP contribution in [0.3, 0.4) is 0 Å². The lowest BCUT2D eigenvalue weighted by Gasteiger charge is -2.27. The number of hydrogen-bond donors (Lipinski definition) is 0. The highest BCUT2D eigenvalue weighted by Gasteiger charge is 2.44. The van der Waals surface area contributed by atoms with E-state index in [9.17, 15) is 0 Å². The zero-order valence-corrected chi connectivity index (χ0v) is 32.0. The van der Waals surface area contributed by atoms with Crippen LogP contribution in [0.4, 0.5) is 11.4 Å². The number of hydrogen-bond acceptors (Lipinski definition) is 2. The van der Waals surface area contributed by atoms with Crippen molar-refractivity contribution < 1.29 is 28.6 Å². The first kappa shape index (κ1) is 35.7.